The Morgan fingerprint density at radius 3 is 2.32 bits per heavy atom. The number of pyridine rings is 1. The minimum absolute atomic E-state index is 0. The van der Waals surface area contributed by atoms with E-state index in [1.807, 2.05) is 55.5 Å². The van der Waals surface area contributed by atoms with Crippen molar-refractivity contribution in [3.8, 4) is 11.4 Å². The molecule has 0 spiro atoms. The first-order valence-corrected chi connectivity index (χ1v) is 24.9. The quantitative estimate of drug-likeness (QED) is 0.0690. The average molecular weight is 1100 g/mol. The largest absolute Gasteiger partial charge is 1.00 e. The number of hydrogen-bond donors (Lipinski definition) is 3. The van der Waals surface area contributed by atoms with Crippen LogP contribution in [0.2, 0.25) is 0 Å². The van der Waals surface area contributed by atoms with Gasteiger partial charge < -0.3 is 62.3 Å². The summed E-state index contributed by atoms with van der Waals surface area (Å²) in [6.45, 7) is 9.22. The minimum atomic E-state index is -1.24. The number of ether oxygens (including phenoxy) is 4. The van der Waals surface area contributed by atoms with Gasteiger partial charge in [0.05, 0.1) is 31.0 Å². The SMILES string of the molecule is CC[C@@H]([C@H](C)O)n1ncn(-c2ccc(N3CCN(c4ccc(OC[C@@H]5CO[C@@](Cn6c[n+](C(C)OC(=O)N(C)c7ncccc7COC(=O)[C@@H](N)CCCN)cn6)(c6ccc(F)cc6F)C5)cc4)CC3)cc2)c1=O.[Br-]. The van der Waals surface area contributed by atoms with Crippen LogP contribution in [0.4, 0.5) is 30.8 Å². The van der Waals surface area contributed by atoms with E-state index < -0.39 is 53.7 Å². The van der Waals surface area contributed by atoms with Crippen molar-refractivity contribution in [1.29, 1.82) is 0 Å². The maximum absolute atomic E-state index is 15.6. The zero-order valence-electron chi connectivity index (χ0n) is 42.5. The minimum Gasteiger partial charge on any atom is -1.00 e. The molecule has 2 saturated heterocycles. The van der Waals surface area contributed by atoms with Crippen molar-refractivity contribution >= 4 is 29.3 Å². The molecule has 0 saturated carbocycles. The molecule has 2 aliphatic heterocycles. The van der Waals surface area contributed by atoms with E-state index in [1.54, 1.807) is 41.6 Å². The number of carbonyl (C=O) groups excluding carboxylic acids is 2. The maximum Gasteiger partial charge on any atom is 0.418 e. The molecule has 75 heavy (non-hydrogen) atoms. The number of nitrogens with two attached hydrogens (primary N) is 2. The fourth-order valence-electron chi connectivity index (χ4n) is 9.46. The van der Waals surface area contributed by atoms with Crippen LogP contribution in [0, 0.1) is 17.6 Å². The molecule has 3 aromatic carbocycles. The molecule has 5 heterocycles. The van der Waals surface area contributed by atoms with Crippen LogP contribution in [0.25, 0.3) is 5.69 Å². The van der Waals surface area contributed by atoms with E-state index in [0.717, 1.165) is 43.6 Å². The zero-order chi connectivity index (χ0) is 52.5. The van der Waals surface area contributed by atoms with Crippen LogP contribution in [0.3, 0.4) is 0 Å². The van der Waals surface area contributed by atoms with Gasteiger partial charge in [-0.05, 0) is 99.8 Å². The van der Waals surface area contributed by atoms with Gasteiger partial charge >= 0.3 is 17.8 Å². The standard InChI is InChI=1S/C52H65F2N12O8.BrH/c1-5-47(35(2)67)66-50(69)65(33-59-66)42-13-11-40(12-14-42)61-22-24-62(25-23-61)41-15-17-43(18-16-41)71-28-37-27-52(73-29-37,44-19-10-39(53)26-45(44)54)31-64-34-63(32-58-64)36(3)74-51(70)60(4)48-38(8-7-21-57-48)30-72-49(68)46(56)9-6-20-55;/h7-8,10-19,21,26,32-37,46-47,67H,5-6,9,20,22-25,27-31,55-56H2,1-4H3;1H/q+1;/p-1/t35-,36?,37+,46-,47-,52-;/m0./s1. The van der Waals surface area contributed by atoms with Crippen molar-refractivity contribution in [2.24, 2.45) is 17.4 Å². The van der Waals surface area contributed by atoms with Gasteiger partial charge in [-0.25, -0.2) is 32.6 Å². The van der Waals surface area contributed by atoms with Gasteiger partial charge in [0.1, 0.15) is 54.3 Å². The second kappa shape index (κ2) is 25.2. The third-order valence-corrected chi connectivity index (χ3v) is 13.6. The summed E-state index contributed by atoms with van der Waals surface area (Å²) in [5.74, 6) is -1.32. The number of amides is 1. The highest BCUT2D eigenvalue weighted by atomic mass is 79.9. The molecule has 1 unspecified atom stereocenters. The second-order valence-corrected chi connectivity index (χ2v) is 18.8. The topological polar surface area (TPSA) is 227 Å². The summed E-state index contributed by atoms with van der Waals surface area (Å²) in [4.78, 5) is 49.1. The first-order chi connectivity index (χ1) is 35.7. The molecule has 0 radical (unpaired) electrons. The van der Waals surface area contributed by atoms with Crippen molar-refractivity contribution in [2.45, 2.75) is 89.6 Å². The van der Waals surface area contributed by atoms with Crippen LogP contribution in [0.1, 0.15) is 69.9 Å². The first kappa shape index (κ1) is 55.9. The highest BCUT2D eigenvalue weighted by molar-refractivity contribution is 5.86. The monoisotopic (exact) mass is 1100 g/mol. The number of esters is 1. The molecule has 1 amide bonds. The molecule has 5 N–H and O–H groups in total. The number of anilines is 3. The summed E-state index contributed by atoms with van der Waals surface area (Å²) in [5.41, 5.74) is 13.4. The summed E-state index contributed by atoms with van der Waals surface area (Å²) in [7, 11) is 1.48. The molecule has 3 aromatic heterocycles. The van der Waals surface area contributed by atoms with Crippen LogP contribution in [-0.2, 0) is 37.8 Å². The molecule has 8 rings (SSSR count). The van der Waals surface area contributed by atoms with Crippen LogP contribution >= 0.6 is 0 Å². The van der Waals surface area contributed by atoms with E-state index in [9.17, 15) is 23.9 Å². The van der Waals surface area contributed by atoms with Crippen molar-refractivity contribution in [3.63, 3.8) is 0 Å². The molecular formula is C52H65BrF2N12O8. The number of benzene rings is 3. The number of piperazine rings is 1. The highest BCUT2D eigenvalue weighted by Gasteiger charge is 2.46. The number of carbonyl (C=O) groups is 2. The van der Waals surface area contributed by atoms with Gasteiger partial charge in [-0.15, -0.1) is 4.68 Å². The predicted molar refractivity (Wildman–Crippen MR) is 270 cm³/mol. The number of rotatable bonds is 21. The highest BCUT2D eigenvalue weighted by Crippen LogP contribution is 2.42. The molecule has 23 heteroatoms. The van der Waals surface area contributed by atoms with Gasteiger partial charge in [-0.1, -0.05) is 19.1 Å². The van der Waals surface area contributed by atoms with Gasteiger partial charge in [-0.2, -0.15) is 9.67 Å². The van der Waals surface area contributed by atoms with Gasteiger partial charge in [0.2, 0.25) is 12.6 Å². The van der Waals surface area contributed by atoms with Gasteiger partial charge in [0.15, 0.2) is 0 Å². The van der Waals surface area contributed by atoms with Crippen LogP contribution in [0.5, 0.6) is 5.75 Å². The summed E-state index contributed by atoms with van der Waals surface area (Å²) >= 11 is 0. The Labute approximate surface area is 444 Å². The Morgan fingerprint density at radius 2 is 1.67 bits per heavy atom. The van der Waals surface area contributed by atoms with Crippen LogP contribution in [-0.4, -0.2) is 111 Å². The van der Waals surface area contributed by atoms with E-state index in [-0.39, 0.29) is 66.3 Å². The van der Waals surface area contributed by atoms with E-state index in [0.29, 0.717) is 49.2 Å². The zero-order valence-corrected chi connectivity index (χ0v) is 44.0. The van der Waals surface area contributed by atoms with Crippen LogP contribution in [0.15, 0.2) is 109 Å². The fraction of sp³-hybridized carbons (Fsp3) is 0.442. The molecule has 2 aliphatic rings. The maximum atomic E-state index is 15.6. The van der Waals surface area contributed by atoms with E-state index in [2.05, 4.69) is 25.0 Å². The van der Waals surface area contributed by atoms with Crippen molar-refractivity contribution in [1.82, 2.24) is 29.1 Å². The lowest BCUT2D eigenvalue weighted by molar-refractivity contribution is -0.753. The lowest BCUT2D eigenvalue weighted by Crippen LogP contribution is -3.00. The van der Waals surface area contributed by atoms with Gasteiger partial charge in [0.25, 0.3) is 6.33 Å². The van der Waals surface area contributed by atoms with Crippen molar-refractivity contribution in [3.05, 3.63) is 137 Å². The smallest absolute Gasteiger partial charge is 0.418 e. The number of nitrogens with zero attached hydrogens (tertiary/aromatic N) is 10. The molecule has 402 valence electrons. The van der Waals surface area contributed by atoms with E-state index in [1.165, 1.54) is 52.2 Å². The van der Waals surface area contributed by atoms with Gasteiger partial charge in [-0.3, -0.25) is 9.69 Å². The fourth-order valence-corrected chi connectivity index (χ4v) is 9.46. The Balaban J connectivity index is 0.00000820. The molecular weight excluding hydrogens is 1040 g/mol. The Bertz CT molecular complexity index is 2900. The third-order valence-electron chi connectivity index (χ3n) is 13.6. The second-order valence-electron chi connectivity index (χ2n) is 18.8. The number of aliphatic hydroxyl groups excluding tert-OH is 1. The van der Waals surface area contributed by atoms with Gasteiger partial charge in [0, 0.05) is 85.9 Å². The number of halogens is 3. The number of aromatic nitrogens is 7. The van der Waals surface area contributed by atoms with Crippen LogP contribution < -0.4 is 58.1 Å². The molecule has 6 aromatic rings. The Kier molecular flexibility index (Phi) is 18.8. The lowest BCUT2D eigenvalue weighted by Gasteiger charge is -2.37. The van der Waals surface area contributed by atoms with Crippen molar-refractivity contribution in [2.75, 3.05) is 67.7 Å². The average Bonchev–Trinajstić information content (AvgIpc) is 4.16. The third kappa shape index (κ3) is 13.2. The number of aliphatic hydroxyl groups is 1. The van der Waals surface area contributed by atoms with E-state index >= 15 is 4.39 Å². The lowest BCUT2D eigenvalue weighted by atomic mass is 9.87. The molecule has 0 aliphatic carbocycles. The molecule has 20 nitrogen and oxygen atoms in total. The molecule has 2 fully saturated rings. The summed E-state index contributed by atoms with van der Waals surface area (Å²) in [5, 5.41) is 18.9. The normalized spacial score (nSPS) is 18.2. The molecule has 6 atom stereocenters. The summed E-state index contributed by atoms with van der Waals surface area (Å²) in [6, 6.07) is 21.3. The first-order valence-electron chi connectivity index (χ1n) is 24.9. The summed E-state index contributed by atoms with van der Waals surface area (Å²) in [6.07, 6.45) is 5.65. The molecule has 0 bridgehead atoms. The Hall–Kier alpha value is -6.79. The predicted octanol–water partition coefficient (Wildman–Crippen LogP) is 1.77. The van der Waals surface area contributed by atoms with E-state index in [4.69, 9.17) is 30.4 Å². The Morgan fingerprint density at radius 1 is 0.987 bits per heavy atom. The summed E-state index contributed by atoms with van der Waals surface area (Å²) < 4.78 is 59.7. The van der Waals surface area contributed by atoms with Crippen molar-refractivity contribution < 1.29 is 64.0 Å². The number of hydrogen-bond acceptors (Lipinski definition) is 15.